The van der Waals surface area contributed by atoms with Crippen LogP contribution < -0.4 is 10.1 Å². The molecule has 0 aliphatic carbocycles. The predicted octanol–water partition coefficient (Wildman–Crippen LogP) is 3.34. The molecule has 1 N–H and O–H groups in total. The van der Waals surface area contributed by atoms with Gasteiger partial charge >= 0.3 is 0 Å². The van der Waals surface area contributed by atoms with Gasteiger partial charge in [-0.2, -0.15) is 11.3 Å². The lowest BCUT2D eigenvalue weighted by Crippen LogP contribution is -2.34. The molecule has 2 aromatic rings. The Bertz CT molecular complexity index is 680. The van der Waals surface area contributed by atoms with E-state index in [0.717, 1.165) is 25.2 Å². The van der Waals surface area contributed by atoms with Crippen molar-refractivity contribution in [1.29, 1.82) is 0 Å². The van der Waals surface area contributed by atoms with E-state index >= 15 is 0 Å². The van der Waals surface area contributed by atoms with Gasteiger partial charge in [0.25, 0.3) is 5.91 Å². The molecule has 1 aliphatic heterocycles. The standard InChI is InChI=1S/C20H26N2O3S/c1-22(2)19(16-9-11-26-14-16)12-21-20(23)15-5-7-17(8-6-15)25-13-18-4-3-10-24-18/h5-9,11,14,18-19H,3-4,10,12-13H2,1-2H3,(H,21,23)/t18-,19+/m1/s1. The van der Waals surface area contributed by atoms with Crippen LogP contribution in [0, 0.1) is 0 Å². The van der Waals surface area contributed by atoms with Crippen molar-refractivity contribution in [3.8, 4) is 5.75 Å². The topological polar surface area (TPSA) is 50.8 Å². The molecule has 1 aliphatic rings. The summed E-state index contributed by atoms with van der Waals surface area (Å²) in [7, 11) is 4.05. The predicted molar refractivity (Wildman–Crippen MR) is 104 cm³/mol. The zero-order valence-electron chi connectivity index (χ0n) is 15.3. The summed E-state index contributed by atoms with van der Waals surface area (Å²) in [5.41, 5.74) is 1.86. The van der Waals surface area contributed by atoms with E-state index in [-0.39, 0.29) is 18.1 Å². The van der Waals surface area contributed by atoms with Gasteiger partial charge in [-0.25, -0.2) is 0 Å². The van der Waals surface area contributed by atoms with Crippen molar-refractivity contribution < 1.29 is 14.3 Å². The van der Waals surface area contributed by atoms with Crippen molar-refractivity contribution in [2.75, 3.05) is 33.9 Å². The average molecular weight is 375 g/mol. The average Bonchev–Trinajstić information content (AvgIpc) is 3.34. The number of likely N-dealkylation sites (N-methyl/N-ethyl adjacent to an activating group) is 1. The summed E-state index contributed by atoms with van der Waals surface area (Å²) < 4.78 is 11.3. The van der Waals surface area contributed by atoms with Crippen LogP contribution in [0.4, 0.5) is 0 Å². The fraction of sp³-hybridized carbons (Fsp3) is 0.450. The molecule has 140 valence electrons. The molecule has 2 heterocycles. The fourth-order valence-electron chi connectivity index (χ4n) is 3.02. The van der Waals surface area contributed by atoms with E-state index in [4.69, 9.17) is 9.47 Å². The number of hydrogen-bond acceptors (Lipinski definition) is 5. The number of nitrogens with zero attached hydrogens (tertiary/aromatic N) is 1. The summed E-state index contributed by atoms with van der Waals surface area (Å²) in [5.74, 6) is 0.694. The summed E-state index contributed by atoms with van der Waals surface area (Å²) in [5, 5.41) is 7.21. The molecule has 0 saturated carbocycles. The number of nitrogens with one attached hydrogen (secondary N) is 1. The molecule has 0 bridgehead atoms. The highest BCUT2D eigenvalue weighted by atomic mass is 32.1. The van der Waals surface area contributed by atoms with Gasteiger partial charge in [0.2, 0.25) is 0 Å². The maximum Gasteiger partial charge on any atom is 0.251 e. The van der Waals surface area contributed by atoms with Crippen LogP contribution >= 0.6 is 11.3 Å². The Balaban J connectivity index is 1.50. The summed E-state index contributed by atoms with van der Waals surface area (Å²) in [4.78, 5) is 14.5. The van der Waals surface area contributed by atoms with Crippen LogP contribution in [0.1, 0.15) is 34.8 Å². The normalized spacial score (nSPS) is 18.0. The molecule has 1 fully saturated rings. The maximum absolute atomic E-state index is 12.4. The van der Waals surface area contributed by atoms with Crippen molar-refractivity contribution in [2.45, 2.75) is 25.0 Å². The highest BCUT2D eigenvalue weighted by Gasteiger charge is 2.17. The molecule has 0 radical (unpaired) electrons. The molecule has 6 heteroatoms. The lowest BCUT2D eigenvalue weighted by atomic mass is 10.1. The molecule has 2 atom stereocenters. The highest BCUT2D eigenvalue weighted by molar-refractivity contribution is 7.07. The first kappa shape index (κ1) is 18.9. The van der Waals surface area contributed by atoms with Gasteiger partial charge in [-0.3, -0.25) is 4.79 Å². The minimum atomic E-state index is -0.0715. The third kappa shape index (κ3) is 5.06. The fourth-order valence-corrected chi connectivity index (χ4v) is 3.73. The van der Waals surface area contributed by atoms with Gasteiger partial charge in [0.05, 0.1) is 12.1 Å². The van der Waals surface area contributed by atoms with Crippen molar-refractivity contribution >= 4 is 17.2 Å². The number of thiophene rings is 1. The summed E-state index contributed by atoms with van der Waals surface area (Å²) in [6.45, 7) is 1.96. The van der Waals surface area contributed by atoms with E-state index in [9.17, 15) is 4.79 Å². The zero-order valence-corrected chi connectivity index (χ0v) is 16.1. The van der Waals surface area contributed by atoms with Crippen LogP contribution in [0.2, 0.25) is 0 Å². The van der Waals surface area contributed by atoms with E-state index in [1.54, 1.807) is 23.5 Å². The number of carbonyl (C=O) groups is 1. The van der Waals surface area contributed by atoms with Gasteiger partial charge in [-0.15, -0.1) is 0 Å². The Morgan fingerprint density at radius 2 is 2.15 bits per heavy atom. The summed E-state index contributed by atoms with van der Waals surface area (Å²) in [6, 6.07) is 9.55. The Labute approximate surface area is 158 Å². The lowest BCUT2D eigenvalue weighted by molar-refractivity contribution is 0.0679. The van der Waals surface area contributed by atoms with Gasteiger partial charge in [0, 0.05) is 18.7 Å². The molecule has 0 unspecified atom stereocenters. The van der Waals surface area contributed by atoms with Crippen LogP contribution in [0.5, 0.6) is 5.75 Å². The molecule has 1 amide bonds. The first-order valence-electron chi connectivity index (χ1n) is 8.94. The lowest BCUT2D eigenvalue weighted by Gasteiger charge is -2.24. The number of hydrogen-bond donors (Lipinski definition) is 1. The van der Waals surface area contributed by atoms with Crippen LogP contribution in [0.3, 0.4) is 0 Å². The number of amides is 1. The van der Waals surface area contributed by atoms with Crippen LogP contribution in [-0.2, 0) is 4.74 Å². The van der Waals surface area contributed by atoms with Crippen molar-refractivity contribution in [2.24, 2.45) is 0 Å². The third-order valence-corrected chi connectivity index (χ3v) is 5.29. The van der Waals surface area contributed by atoms with Crippen molar-refractivity contribution in [3.05, 3.63) is 52.2 Å². The molecular formula is C20H26N2O3S. The monoisotopic (exact) mass is 374 g/mol. The quantitative estimate of drug-likeness (QED) is 0.770. The largest absolute Gasteiger partial charge is 0.491 e. The third-order valence-electron chi connectivity index (χ3n) is 4.58. The second-order valence-corrected chi connectivity index (χ2v) is 7.50. The van der Waals surface area contributed by atoms with Crippen molar-refractivity contribution in [1.82, 2.24) is 10.2 Å². The van der Waals surface area contributed by atoms with Gasteiger partial charge in [0.15, 0.2) is 0 Å². The molecule has 3 rings (SSSR count). The van der Waals surface area contributed by atoms with Crippen LogP contribution in [0.25, 0.3) is 0 Å². The Kier molecular flexibility index (Phi) is 6.66. The van der Waals surface area contributed by atoms with E-state index in [1.165, 1.54) is 5.56 Å². The smallest absolute Gasteiger partial charge is 0.251 e. The number of ether oxygens (including phenoxy) is 2. The highest BCUT2D eigenvalue weighted by Crippen LogP contribution is 2.20. The number of carbonyl (C=O) groups excluding carboxylic acids is 1. The SMILES string of the molecule is CN(C)[C@@H](CNC(=O)c1ccc(OC[C@H]2CCCO2)cc1)c1ccsc1. The summed E-state index contributed by atoms with van der Waals surface area (Å²) >= 11 is 1.67. The van der Waals surface area contributed by atoms with Crippen LogP contribution in [0.15, 0.2) is 41.1 Å². The van der Waals surface area contributed by atoms with E-state index < -0.39 is 0 Å². The second-order valence-electron chi connectivity index (χ2n) is 6.72. The van der Waals surface area contributed by atoms with E-state index in [0.29, 0.717) is 18.7 Å². The van der Waals surface area contributed by atoms with Crippen LogP contribution in [-0.4, -0.2) is 50.8 Å². The summed E-state index contributed by atoms with van der Waals surface area (Å²) in [6.07, 6.45) is 2.35. The minimum absolute atomic E-state index is 0.0715. The van der Waals surface area contributed by atoms with E-state index in [2.05, 4.69) is 27.0 Å². The molecular weight excluding hydrogens is 348 g/mol. The number of rotatable bonds is 8. The Hall–Kier alpha value is -1.89. The van der Waals surface area contributed by atoms with Gasteiger partial charge in [-0.05, 0) is 73.6 Å². The first-order valence-corrected chi connectivity index (χ1v) is 9.89. The zero-order chi connectivity index (χ0) is 18.4. The molecule has 26 heavy (non-hydrogen) atoms. The van der Waals surface area contributed by atoms with Crippen molar-refractivity contribution in [3.63, 3.8) is 0 Å². The Morgan fingerprint density at radius 3 is 2.77 bits per heavy atom. The molecule has 0 spiro atoms. The molecule has 1 aromatic carbocycles. The minimum Gasteiger partial charge on any atom is -0.491 e. The molecule has 1 saturated heterocycles. The second kappa shape index (κ2) is 9.16. The number of benzene rings is 1. The Morgan fingerprint density at radius 1 is 1.35 bits per heavy atom. The van der Waals surface area contributed by atoms with E-state index in [1.807, 2.05) is 26.2 Å². The van der Waals surface area contributed by atoms with Gasteiger partial charge < -0.3 is 19.7 Å². The van der Waals surface area contributed by atoms with Gasteiger partial charge in [-0.1, -0.05) is 0 Å². The first-order chi connectivity index (χ1) is 12.6. The van der Waals surface area contributed by atoms with Gasteiger partial charge in [0.1, 0.15) is 12.4 Å². The molecule has 5 nitrogen and oxygen atoms in total. The molecule has 1 aromatic heterocycles. The maximum atomic E-state index is 12.4.